The lowest BCUT2D eigenvalue weighted by Gasteiger charge is -2.27. The molecule has 1 heterocycles. The molecule has 244 valence electrons. The fourth-order valence-corrected chi connectivity index (χ4v) is 6.67. The second kappa shape index (κ2) is 12.5. The number of hydrogen-bond donors (Lipinski definition) is 0. The van der Waals surface area contributed by atoms with E-state index in [1.807, 2.05) is 103 Å². The molecule has 2 nitrogen and oxygen atoms in total. The fourth-order valence-electron chi connectivity index (χ4n) is 6.67. The molecule has 52 heavy (non-hydrogen) atoms. The van der Waals surface area contributed by atoms with Gasteiger partial charge in [0, 0.05) is 22.1 Å². The highest BCUT2D eigenvalue weighted by molar-refractivity contribution is 6.22. The molecule has 0 bridgehead atoms. The van der Waals surface area contributed by atoms with Gasteiger partial charge in [0.05, 0.1) is 31.6 Å². The molecule has 0 amide bonds. The molecular formula is C50H33NO. The van der Waals surface area contributed by atoms with Crippen LogP contribution in [0.15, 0.2) is 204 Å². The molecule has 10 aromatic rings. The largest absolute Gasteiger partial charge is 0.455 e. The molecule has 0 atom stereocenters. The Labute approximate surface area is 323 Å². The molecule has 0 saturated carbocycles. The van der Waals surface area contributed by atoms with Gasteiger partial charge >= 0.3 is 0 Å². The topological polar surface area (TPSA) is 16.4 Å². The van der Waals surface area contributed by atoms with Crippen molar-refractivity contribution in [2.24, 2.45) is 0 Å². The Kier molecular flexibility index (Phi) is 4.40. The van der Waals surface area contributed by atoms with Crippen molar-refractivity contribution in [2.75, 3.05) is 4.90 Å². The summed E-state index contributed by atoms with van der Waals surface area (Å²) >= 11 is 0. The maximum absolute atomic E-state index is 10.1. The first-order chi connectivity index (χ1) is 32.0. The first kappa shape index (κ1) is 18.4. The molecule has 0 N–H and O–H groups in total. The molecule has 1 aromatic heterocycles. The van der Waals surface area contributed by atoms with Crippen LogP contribution in [0.2, 0.25) is 0 Å². The van der Waals surface area contributed by atoms with Crippen LogP contribution >= 0.6 is 0 Å². The van der Waals surface area contributed by atoms with Crippen molar-refractivity contribution in [3.63, 3.8) is 0 Å². The van der Waals surface area contributed by atoms with Crippen LogP contribution in [0.3, 0.4) is 0 Å². The van der Waals surface area contributed by atoms with Crippen LogP contribution in [-0.4, -0.2) is 0 Å². The van der Waals surface area contributed by atoms with Gasteiger partial charge in [0.25, 0.3) is 0 Å². The summed E-state index contributed by atoms with van der Waals surface area (Å²) in [4.78, 5) is 1.70. The van der Waals surface area contributed by atoms with Crippen molar-refractivity contribution in [2.45, 2.75) is 0 Å². The molecule has 9 aromatic carbocycles. The van der Waals surface area contributed by atoms with Crippen molar-refractivity contribution in [1.82, 2.24) is 0 Å². The minimum Gasteiger partial charge on any atom is -0.455 e. The van der Waals surface area contributed by atoms with Crippen molar-refractivity contribution in [3.05, 3.63) is 200 Å². The maximum Gasteiger partial charge on any atom is 0.143 e. The summed E-state index contributed by atoms with van der Waals surface area (Å²) in [6.45, 7) is 0. The highest BCUT2D eigenvalue weighted by atomic mass is 16.3. The number of rotatable bonds is 6. The number of furan rings is 1. The van der Waals surface area contributed by atoms with Gasteiger partial charge in [0.1, 0.15) is 11.2 Å². The van der Waals surface area contributed by atoms with Gasteiger partial charge in [-0.3, -0.25) is 0 Å². The van der Waals surface area contributed by atoms with Crippen LogP contribution in [-0.2, 0) is 0 Å². The lowest BCUT2D eigenvalue weighted by molar-refractivity contribution is 0.672. The molecule has 0 aliphatic heterocycles. The quantitative estimate of drug-likeness (QED) is 0.174. The minimum atomic E-state index is -0.745. The lowest BCUT2D eigenvalue weighted by atomic mass is 9.93. The average molecular weight is 679 g/mol. The van der Waals surface area contributed by atoms with Gasteiger partial charge in [-0.1, -0.05) is 151 Å². The minimum absolute atomic E-state index is 0.0296. The molecule has 0 unspecified atom stereocenters. The molecule has 0 radical (unpaired) electrons. The number of anilines is 3. The van der Waals surface area contributed by atoms with E-state index in [4.69, 9.17) is 14.0 Å². The standard InChI is InChI=1S/C50H33NO/c1-3-13-34(14-4-1)37-27-29-41(30-28-37)51(42-20-11-19-39(32-42)35-15-5-2-6-16-35)47-23-12-24-48-49(47)46-33-45(43-21-9-10-22-44(43)50(46)52-48)40-26-25-36-17-7-8-18-38(36)31-40/h1-33H/i7D,8D,9D,10D,12D,17D,18D,21D,22D,23D,24D,25D,26D,31D,33D. The van der Waals surface area contributed by atoms with Crippen LogP contribution < -0.4 is 4.90 Å². The van der Waals surface area contributed by atoms with E-state index in [2.05, 4.69) is 0 Å². The smallest absolute Gasteiger partial charge is 0.143 e. The third-order valence-corrected chi connectivity index (χ3v) is 9.08. The molecule has 0 aliphatic rings. The van der Waals surface area contributed by atoms with E-state index in [9.17, 15) is 11.0 Å². The Bertz CT molecular complexity index is 3750. The molecule has 0 saturated heterocycles. The predicted molar refractivity (Wildman–Crippen MR) is 220 cm³/mol. The summed E-state index contributed by atoms with van der Waals surface area (Å²) in [7, 11) is 0. The van der Waals surface area contributed by atoms with E-state index in [1.54, 1.807) is 11.0 Å². The zero-order valence-electron chi connectivity index (χ0n) is 42.2. The van der Waals surface area contributed by atoms with Crippen LogP contribution in [0.25, 0.3) is 76.9 Å². The summed E-state index contributed by atoms with van der Waals surface area (Å²) < 4.78 is 143. The van der Waals surface area contributed by atoms with Gasteiger partial charge in [-0.15, -0.1) is 0 Å². The summed E-state index contributed by atoms with van der Waals surface area (Å²) in [5.74, 6) is 0. The number of benzene rings is 9. The van der Waals surface area contributed by atoms with Gasteiger partial charge in [-0.2, -0.15) is 0 Å². The first-order valence-corrected chi connectivity index (χ1v) is 16.5. The van der Waals surface area contributed by atoms with Gasteiger partial charge in [-0.25, -0.2) is 0 Å². The fraction of sp³-hybridized carbons (Fsp3) is 0. The van der Waals surface area contributed by atoms with E-state index in [1.165, 1.54) is 0 Å². The third kappa shape index (κ3) is 5.12. The number of fused-ring (bicyclic) bond motifs is 6. The van der Waals surface area contributed by atoms with Gasteiger partial charge in [-0.05, 0) is 98.0 Å². The third-order valence-electron chi connectivity index (χ3n) is 9.08. The number of hydrogen-bond acceptors (Lipinski definition) is 2. The Morgan fingerprint density at radius 1 is 0.442 bits per heavy atom. The number of nitrogens with zero attached hydrogens (tertiary/aromatic N) is 1. The predicted octanol–water partition coefficient (Wildman–Crippen LogP) is 14.4. The van der Waals surface area contributed by atoms with Gasteiger partial charge in [0.2, 0.25) is 0 Å². The van der Waals surface area contributed by atoms with E-state index >= 15 is 0 Å². The molecule has 0 spiro atoms. The normalized spacial score (nSPS) is 15.5. The zero-order valence-corrected chi connectivity index (χ0v) is 27.2. The monoisotopic (exact) mass is 678 g/mol. The van der Waals surface area contributed by atoms with E-state index in [0.29, 0.717) is 11.4 Å². The van der Waals surface area contributed by atoms with Gasteiger partial charge in [0.15, 0.2) is 0 Å². The van der Waals surface area contributed by atoms with Crippen molar-refractivity contribution < 1.29 is 25.0 Å². The van der Waals surface area contributed by atoms with Crippen LogP contribution in [0.5, 0.6) is 0 Å². The highest BCUT2D eigenvalue weighted by Crippen LogP contribution is 2.47. The second-order valence-corrected chi connectivity index (χ2v) is 12.1. The van der Waals surface area contributed by atoms with Crippen LogP contribution in [0.4, 0.5) is 17.1 Å². The van der Waals surface area contributed by atoms with Crippen LogP contribution in [0.1, 0.15) is 20.6 Å². The van der Waals surface area contributed by atoms with Gasteiger partial charge < -0.3 is 9.32 Å². The van der Waals surface area contributed by atoms with Crippen molar-refractivity contribution >= 4 is 60.5 Å². The maximum atomic E-state index is 10.1. The Morgan fingerprint density at radius 3 is 1.90 bits per heavy atom. The van der Waals surface area contributed by atoms with E-state index in [0.717, 1.165) is 22.3 Å². The summed E-state index contributed by atoms with van der Waals surface area (Å²) in [5, 5.41) is -1.78. The Morgan fingerprint density at radius 2 is 1.12 bits per heavy atom. The van der Waals surface area contributed by atoms with E-state index < -0.39 is 113 Å². The molecule has 0 fully saturated rings. The van der Waals surface area contributed by atoms with Crippen molar-refractivity contribution in [3.8, 4) is 33.4 Å². The lowest BCUT2D eigenvalue weighted by Crippen LogP contribution is -2.10. The molecular weight excluding hydrogens is 631 g/mol. The summed E-state index contributed by atoms with van der Waals surface area (Å²) in [6, 6.07) is 24.4. The summed E-state index contributed by atoms with van der Waals surface area (Å²) in [6.07, 6.45) is 0. The zero-order chi connectivity index (χ0) is 47.5. The average Bonchev–Trinajstić information content (AvgIpc) is 3.75. The molecule has 0 aliphatic carbocycles. The first-order valence-electron chi connectivity index (χ1n) is 24.0. The van der Waals surface area contributed by atoms with Crippen LogP contribution in [0, 0.1) is 0 Å². The summed E-state index contributed by atoms with van der Waals surface area (Å²) in [5.41, 5.74) is 2.91. The Hall–Kier alpha value is -6.90. The molecule has 2 heteroatoms. The second-order valence-electron chi connectivity index (χ2n) is 12.1. The van der Waals surface area contributed by atoms with E-state index in [-0.39, 0.29) is 38.4 Å². The SMILES string of the molecule is [2H]c1c([2H])c(N(c2ccc(-c3ccccc3)cc2)c2cccc(-c3ccccc3)c2)c2c(oc3c4c([2H])c([2H])c([2H])c([2H])c4c(-c4c([2H])c([2H])c5c([2H])c([2H])c([2H])c([2H])c5c4[2H])c([2H])c32)c1[2H]. The highest BCUT2D eigenvalue weighted by Gasteiger charge is 2.22. The van der Waals surface area contributed by atoms with Crippen molar-refractivity contribution in [1.29, 1.82) is 0 Å². The molecule has 10 rings (SSSR count). The Balaban J connectivity index is 1.40.